The summed E-state index contributed by atoms with van der Waals surface area (Å²) in [7, 11) is 0. The number of rotatable bonds is 2. The van der Waals surface area contributed by atoms with Gasteiger partial charge in [0.15, 0.2) is 0 Å². The molecule has 1 aliphatic carbocycles. The maximum absolute atomic E-state index is 12.3. The minimum Gasteiger partial charge on any atom is -0.373 e. The molecule has 2 bridgehead atoms. The number of nitrogens with two attached hydrogens (primary N) is 1. The molecule has 3 atom stereocenters. The maximum Gasteiger partial charge on any atom is 0.240 e. The standard InChI is InChI=1S/C13H22N2O2/c14-13(6-2-1-3-7-13)12(16)15-10-8-9-4-5-11(10)17-9/h9-11H,1-8,14H2,(H,15,16). The molecule has 0 spiro atoms. The van der Waals surface area contributed by atoms with Crippen molar-refractivity contribution in [2.24, 2.45) is 5.73 Å². The van der Waals surface area contributed by atoms with E-state index in [2.05, 4.69) is 5.32 Å². The van der Waals surface area contributed by atoms with Crippen LogP contribution in [0.2, 0.25) is 0 Å². The highest BCUT2D eigenvalue weighted by atomic mass is 16.5. The molecule has 4 nitrogen and oxygen atoms in total. The molecular weight excluding hydrogens is 216 g/mol. The predicted molar refractivity (Wildman–Crippen MR) is 64.4 cm³/mol. The molecule has 96 valence electrons. The van der Waals surface area contributed by atoms with Gasteiger partial charge in [-0.25, -0.2) is 0 Å². The largest absolute Gasteiger partial charge is 0.373 e. The van der Waals surface area contributed by atoms with Crippen molar-refractivity contribution in [3.05, 3.63) is 0 Å². The van der Waals surface area contributed by atoms with E-state index in [-0.39, 0.29) is 18.1 Å². The molecule has 0 aromatic heterocycles. The zero-order valence-electron chi connectivity index (χ0n) is 10.3. The smallest absolute Gasteiger partial charge is 0.240 e. The number of carbonyl (C=O) groups is 1. The summed E-state index contributed by atoms with van der Waals surface area (Å²) in [6.45, 7) is 0. The highest BCUT2D eigenvalue weighted by Crippen LogP contribution is 2.35. The molecule has 2 saturated heterocycles. The van der Waals surface area contributed by atoms with Crippen LogP contribution in [0.3, 0.4) is 0 Å². The second-order valence-electron chi connectivity index (χ2n) is 5.91. The fourth-order valence-electron chi connectivity index (χ4n) is 3.51. The molecular formula is C13H22N2O2. The highest BCUT2D eigenvalue weighted by molar-refractivity contribution is 5.86. The molecule has 0 radical (unpaired) electrons. The monoisotopic (exact) mass is 238 g/mol. The summed E-state index contributed by atoms with van der Waals surface area (Å²) in [6.07, 6.45) is 8.89. The molecule has 3 fully saturated rings. The van der Waals surface area contributed by atoms with E-state index in [1.807, 2.05) is 0 Å². The Morgan fingerprint density at radius 2 is 2.00 bits per heavy atom. The van der Waals surface area contributed by atoms with Gasteiger partial charge in [0, 0.05) is 0 Å². The molecule has 0 aromatic rings. The van der Waals surface area contributed by atoms with Crippen molar-refractivity contribution >= 4 is 5.91 Å². The van der Waals surface area contributed by atoms with Crippen LogP contribution >= 0.6 is 0 Å². The lowest BCUT2D eigenvalue weighted by atomic mass is 9.81. The average molecular weight is 238 g/mol. The van der Waals surface area contributed by atoms with Crippen molar-refractivity contribution < 1.29 is 9.53 Å². The Morgan fingerprint density at radius 3 is 2.59 bits per heavy atom. The fourth-order valence-corrected chi connectivity index (χ4v) is 3.51. The molecule has 1 saturated carbocycles. The van der Waals surface area contributed by atoms with Gasteiger partial charge >= 0.3 is 0 Å². The molecule has 2 aliphatic heterocycles. The zero-order chi connectivity index (χ0) is 11.9. The molecule has 4 heteroatoms. The summed E-state index contributed by atoms with van der Waals surface area (Å²) in [4.78, 5) is 12.3. The van der Waals surface area contributed by atoms with Gasteiger partial charge in [-0.15, -0.1) is 0 Å². The van der Waals surface area contributed by atoms with Gasteiger partial charge in [0.2, 0.25) is 5.91 Å². The van der Waals surface area contributed by atoms with Gasteiger partial charge in [0.05, 0.1) is 23.8 Å². The van der Waals surface area contributed by atoms with E-state index < -0.39 is 5.54 Å². The Labute approximate surface area is 102 Å². The van der Waals surface area contributed by atoms with Crippen LogP contribution in [0.25, 0.3) is 0 Å². The quantitative estimate of drug-likeness (QED) is 0.756. The van der Waals surface area contributed by atoms with Crippen LogP contribution in [0.15, 0.2) is 0 Å². The molecule has 3 rings (SSSR count). The van der Waals surface area contributed by atoms with E-state index in [4.69, 9.17) is 10.5 Å². The topological polar surface area (TPSA) is 64.4 Å². The number of carbonyl (C=O) groups excluding carboxylic acids is 1. The number of amides is 1. The van der Waals surface area contributed by atoms with E-state index in [1.165, 1.54) is 6.42 Å². The third kappa shape index (κ3) is 2.08. The first-order valence-corrected chi connectivity index (χ1v) is 6.93. The minimum atomic E-state index is -0.611. The summed E-state index contributed by atoms with van der Waals surface area (Å²) >= 11 is 0. The summed E-state index contributed by atoms with van der Waals surface area (Å²) < 4.78 is 5.75. The highest BCUT2D eigenvalue weighted by Gasteiger charge is 2.44. The van der Waals surface area contributed by atoms with Gasteiger partial charge in [0.1, 0.15) is 0 Å². The van der Waals surface area contributed by atoms with Crippen LogP contribution in [0, 0.1) is 0 Å². The molecule has 3 N–H and O–H groups in total. The van der Waals surface area contributed by atoms with Gasteiger partial charge in [-0.1, -0.05) is 19.3 Å². The van der Waals surface area contributed by atoms with Crippen LogP contribution in [-0.2, 0) is 9.53 Å². The van der Waals surface area contributed by atoms with Gasteiger partial charge in [-0.05, 0) is 32.1 Å². The number of ether oxygens (including phenoxy) is 1. The molecule has 2 heterocycles. The first kappa shape index (κ1) is 11.5. The van der Waals surface area contributed by atoms with E-state index in [1.54, 1.807) is 0 Å². The molecule has 17 heavy (non-hydrogen) atoms. The van der Waals surface area contributed by atoms with Gasteiger partial charge in [-0.2, -0.15) is 0 Å². The Kier molecular flexibility index (Phi) is 2.87. The maximum atomic E-state index is 12.3. The summed E-state index contributed by atoms with van der Waals surface area (Å²) in [5.74, 6) is 0.0540. The predicted octanol–water partition coefficient (Wildman–Crippen LogP) is 1.08. The summed E-state index contributed by atoms with van der Waals surface area (Å²) in [6, 6.07) is 0.212. The second kappa shape index (κ2) is 4.25. The third-order valence-corrected chi connectivity index (χ3v) is 4.62. The van der Waals surface area contributed by atoms with Gasteiger partial charge < -0.3 is 15.8 Å². The zero-order valence-corrected chi connectivity index (χ0v) is 10.3. The normalized spacial score (nSPS) is 39.2. The number of nitrogens with one attached hydrogen (secondary N) is 1. The Hall–Kier alpha value is -0.610. The SMILES string of the molecule is NC1(C(=O)NC2CC3CCC2O3)CCCCC1. The first-order chi connectivity index (χ1) is 8.17. The van der Waals surface area contributed by atoms with Crippen LogP contribution in [0.5, 0.6) is 0 Å². The Morgan fingerprint density at radius 1 is 1.24 bits per heavy atom. The van der Waals surface area contributed by atoms with Crippen LogP contribution in [0.1, 0.15) is 51.4 Å². The van der Waals surface area contributed by atoms with E-state index in [9.17, 15) is 4.79 Å². The third-order valence-electron chi connectivity index (χ3n) is 4.62. The van der Waals surface area contributed by atoms with Crippen LogP contribution in [-0.4, -0.2) is 29.7 Å². The van der Waals surface area contributed by atoms with E-state index in [0.717, 1.165) is 44.9 Å². The van der Waals surface area contributed by atoms with E-state index >= 15 is 0 Å². The second-order valence-corrected chi connectivity index (χ2v) is 5.91. The van der Waals surface area contributed by atoms with Gasteiger partial charge in [-0.3, -0.25) is 4.79 Å². The minimum absolute atomic E-state index is 0.0540. The lowest BCUT2D eigenvalue weighted by Crippen LogP contribution is -2.58. The van der Waals surface area contributed by atoms with Crippen molar-refractivity contribution in [2.45, 2.75) is 75.2 Å². The number of hydrogen-bond acceptors (Lipinski definition) is 3. The Balaban J connectivity index is 1.59. The number of hydrogen-bond donors (Lipinski definition) is 2. The van der Waals surface area contributed by atoms with Gasteiger partial charge in [0.25, 0.3) is 0 Å². The molecule has 1 amide bonds. The van der Waals surface area contributed by atoms with Crippen molar-refractivity contribution in [1.29, 1.82) is 0 Å². The lowest BCUT2D eigenvalue weighted by molar-refractivity contribution is -0.128. The fraction of sp³-hybridized carbons (Fsp3) is 0.923. The van der Waals surface area contributed by atoms with Crippen LogP contribution < -0.4 is 11.1 Å². The van der Waals surface area contributed by atoms with Crippen LogP contribution in [0.4, 0.5) is 0 Å². The first-order valence-electron chi connectivity index (χ1n) is 6.93. The van der Waals surface area contributed by atoms with Crippen molar-refractivity contribution in [3.63, 3.8) is 0 Å². The summed E-state index contributed by atoms with van der Waals surface area (Å²) in [5, 5.41) is 3.13. The molecule has 3 unspecified atom stereocenters. The molecule has 0 aromatic carbocycles. The van der Waals surface area contributed by atoms with Crippen molar-refractivity contribution in [3.8, 4) is 0 Å². The lowest BCUT2D eigenvalue weighted by Gasteiger charge is -2.33. The average Bonchev–Trinajstić information content (AvgIpc) is 2.92. The molecule has 3 aliphatic rings. The van der Waals surface area contributed by atoms with E-state index in [0.29, 0.717) is 6.10 Å². The Bertz CT molecular complexity index is 313. The van der Waals surface area contributed by atoms with Crippen molar-refractivity contribution in [2.75, 3.05) is 0 Å². The number of fused-ring (bicyclic) bond motifs is 2. The van der Waals surface area contributed by atoms with Crippen molar-refractivity contribution in [1.82, 2.24) is 5.32 Å². The summed E-state index contributed by atoms with van der Waals surface area (Å²) in [5.41, 5.74) is 5.61.